The van der Waals surface area contributed by atoms with Crippen LogP contribution in [0.25, 0.3) is 0 Å². The van der Waals surface area contributed by atoms with Gasteiger partial charge in [0, 0.05) is 36.0 Å². The van der Waals surface area contributed by atoms with Crippen LogP contribution in [0.4, 0.5) is 15.8 Å². The zero-order chi connectivity index (χ0) is 14.2. The van der Waals surface area contributed by atoms with Gasteiger partial charge in [0.25, 0.3) is 5.69 Å². The summed E-state index contributed by atoms with van der Waals surface area (Å²) in [5.74, 6) is -1.59. The SMILES string of the molecule is O=C1CC(CO)CN1c1c(F)cc(Br)cc1[N+](=O)[O-]. The summed E-state index contributed by atoms with van der Waals surface area (Å²) in [6.07, 6.45) is 0.0587. The molecule has 0 saturated carbocycles. The monoisotopic (exact) mass is 332 g/mol. The quantitative estimate of drug-likeness (QED) is 0.676. The van der Waals surface area contributed by atoms with Gasteiger partial charge in [0.15, 0.2) is 11.5 Å². The van der Waals surface area contributed by atoms with Crippen LogP contribution in [0, 0.1) is 21.8 Å². The normalized spacial score (nSPS) is 19.0. The Hall–Kier alpha value is -1.54. The largest absolute Gasteiger partial charge is 0.396 e. The molecule has 6 nitrogen and oxygen atoms in total. The lowest BCUT2D eigenvalue weighted by molar-refractivity contribution is -0.384. The second-order valence-electron chi connectivity index (χ2n) is 4.27. The summed E-state index contributed by atoms with van der Waals surface area (Å²) < 4.78 is 14.2. The average molecular weight is 333 g/mol. The second kappa shape index (κ2) is 5.22. The van der Waals surface area contributed by atoms with E-state index in [1.807, 2.05) is 0 Å². The van der Waals surface area contributed by atoms with Gasteiger partial charge in [0.05, 0.1) is 4.92 Å². The Balaban J connectivity index is 2.50. The van der Waals surface area contributed by atoms with Gasteiger partial charge in [0.2, 0.25) is 5.91 Å². The molecule has 0 radical (unpaired) electrons. The fraction of sp³-hybridized carbons (Fsp3) is 0.364. The molecule has 0 aliphatic carbocycles. The topological polar surface area (TPSA) is 83.7 Å². The Morgan fingerprint density at radius 2 is 2.26 bits per heavy atom. The summed E-state index contributed by atoms with van der Waals surface area (Å²) in [5, 5.41) is 20.0. The van der Waals surface area contributed by atoms with Gasteiger partial charge in [-0.2, -0.15) is 0 Å². The molecule has 1 fully saturated rings. The van der Waals surface area contributed by atoms with Crippen LogP contribution < -0.4 is 4.90 Å². The maximum Gasteiger partial charge on any atom is 0.297 e. The number of nitro groups is 1. The van der Waals surface area contributed by atoms with E-state index < -0.39 is 22.3 Å². The minimum atomic E-state index is -0.840. The molecule has 1 aliphatic heterocycles. The van der Waals surface area contributed by atoms with E-state index in [1.165, 1.54) is 0 Å². The van der Waals surface area contributed by atoms with Crippen molar-refractivity contribution in [3.63, 3.8) is 0 Å². The Bertz CT molecular complexity index is 552. The predicted octanol–water partition coefficient (Wildman–Crippen LogP) is 1.84. The molecule has 0 aromatic heterocycles. The third-order valence-corrected chi connectivity index (χ3v) is 3.40. The summed E-state index contributed by atoms with van der Waals surface area (Å²) in [4.78, 5) is 23.0. The summed E-state index contributed by atoms with van der Waals surface area (Å²) in [5.41, 5.74) is -0.812. The zero-order valence-electron chi connectivity index (χ0n) is 9.68. The van der Waals surface area contributed by atoms with Crippen molar-refractivity contribution >= 4 is 33.2 Å². The number of benzene rings is 1. The summed E-state index contributed by atoms with van der Waals surface area (Å²) in [7, 11) is 0. The lowest BCUT2D eigenvalue weighted by atomic mass is 10.1. The van der Waals surface area contributed by atoms with Gasteiger partial charge in [0.1, 0.15) is 0 Å². The molecule has 19 heavy (non-hydrogen) atoms. The minimum absolute atomic E-state index is 0.0587. The molecule has 0 bridgehead atoms. The second-order valence-corrected chi connectivity index (χ2v) is 5.19. The van der Waals surface area contributed by atoms with E-state index in [1.54, 1.807) is 0 Å². The first-order valence-electron chi connectivity index (χ1n) is 5.48. The maximum atomic E-state index is 13.9. The predicted molar refractivity (Wildman–Crippen MR) is 68.3 cm³/mol. The maximum absolute atomic E-state index is 13.9. The van der Waals surface area contributed by atoms with Crippen LogP contribution in [0.2, 0.25) is 0 Å². The molecule has 1 heterocycles. The molecular weight excluding hydrogens is 323 g/mol. The number of nitrogens with zero attached hydrogens (tertiary/aromatic N) is 2. The minimum Gasteiger partial charge on any atom is -0.396 e. The van der Waals surface area contributed by atoms with Crippen molar-refractivity contribution in [3.8, 4) is 0 Å². The number of aliphatic hydroxyl groups is 1. The number of nitro benzene ring substituents is 1. The highest BCUT2D eigenvalue weighted by molar-refractivity contribution is 9.10. The molecule has 1 aromatic rings. The molecule has 0 spiro atoms. The van der Waals surface area contributed by atoms with Gasteiger partial charge in [-0.25, -0.2) is 4.39 Å². The molecule has 8 heteroatoms. The van der Waals surface area contributed by atoms with E-state index in [2.05, 4.69) is 15.9 Å². The first-order valence-corrected chi connectivity index (χ1v) is 6.28. The van der Waals surface area contributed by atoms with E-state index in [0.29, 0.717) is 0 Å². The Morgan fingerprint density at radius 3 is 2.79 bits per heavy atom. The van der Waals surface area contributed by atoms with Crippen LogP contribution in [0.1, 0.15) is 6.42 Å². The smallest absolute Gasteiger partial charge is 0.297 e. The third kappa shape index (κ3) is 2.59. The number of amides is 1. The highest BCUT2D eigenvalue weighted by atomic mass is 79.9. The summed E-state index contributed by atoms with van der Waals surface area (Å²) >= 11 is 2.98. The molecule has 1 N–H and O–H groups in total. The van der Waals surface area contributed by atoms with Crippen LogP contribution >= 0.6 is 15.9 Å². The number of aliphatic hydroxyl groups excluding tert-OH is 1. The van der Waals surface area contributed by atoms with Crippen molar-refractivity contribution in [3.05, 3.63) is 32.5 Å². The molecule has 1 aromatic carbocycles. The fourth-order valence-corrected chi connectivity index (χ4v) is 2.50. The first kappa shape index (κ1) is 13.9. The number of rotatable bonds is 3. The van der Waals surface area contributed by atoms with Crippen LogP contribution in [-0.4, -0.2) is 29.1 Å². The van der Waals surface area contributed by atoms with Crippen molar-refractivity contribution < 1.29 is 19.2 Å². The van der Waals surface area contributed by atoms with Crippen LogP contribution in [0.3, 0.4) is 0 Å². The van der Waals surface area contributed by atoms with Crippen molar-refractivity contribution in [1.29, 1.82) is 0 Å². The number of hydrogen-bond donors (Lipinski definition) is 1. The van der Waals surface area contributed by atoms with E-state index in [0.717, 1.165) is 17.0 Å². The zero-order valence-corrected chi connectivity index (χ0v) is 11.3. The Kier molecular flexibility index (Phi) is 3.81. The highest BCUT2D eigenvalue weighted by Crippen LogP contribution is 2.37. The van der Waals surface area contributed by atoms with Crippen molar-refractivity contribution in [2.45, 2.75) is 6.42 Å². The fourth-order valence-electron chi connectivity index (χ4n) is 2.08. The Labute approximate surface area is 116 Å². The first-order chi connectivity index (χ1) is 8.93. The van der Waals surface area contributed by atoms with Gasteiger partial charge in [-0.05, 0) is 6.07 Å². The van der Waals surface area contributed by atoms with Crippen LogP contribution in [0.15, 0.2) is 16.6 Å². The van der Waals surface area contributed by atoms with Gasteiger partial charge < -0.3 is 10.0 Å². The molecule has 2 rings (SSSR count). The number of carbonyl (C=O) groups excluding carboxylic acids is 1. The molecule has 1 amide bonds. The molecule has 1 unspecified atom stereocenters. The molecular formula is C11H10BrFN2O4. The van der Waals surface area contributed by atoms with Gasteiger partial charge in [-0.1, -0.05) is 15.9 Å². The number of hydrogen-bond acceptors (Lipinski definition) is 4. The van der Waals surface area contributed by atoms with E-state index in [-0.39, 0.29) is 35.7 Å². The standard InChI is InChI=1S/C11H10BrFN2O4/c12-7-2-8(13)11(9(3-7)15(18)19)14-4-6(5-16)1-10(14)17/h2-3,6,16H,1,4-5H2. The van der Waals surface area contributed by atoms with E-state index >= 15 is 0 Å². The number of halogens is 2. The highest BCUT2D eigenvalue weighted by Gasteiger charge is 2.36. The lowest BCUT2D eigenvalue weighted by Gasteiger charge is -2.17. The lowest BCUT2D eigenvalue weighted by Crippen LogP contribution is -2.26. The molecule has 102 valence electrons. The summed E-state index contributed by atoms with van der Waals surface area (Å²) in [6.45, 7) is -0.136. The van der Waals surface area contributed by atoms with Gasteiger partial charge in [-0.3, -0.25) is 14.9 Å². The van der Waals surface area contributed by atoms with E-state index in [4.69, 9.17) is 5.11 Å². The Morgan fingerprint density at radius 1 is 1.58 bits per heavy atom. The summed E-state index contributed by atoms with van der Waals surface area (Å²) in [6, 6.07) is 2.22. The average Bonchev–Trinajstić information content (AvgIpc) is 2.69. The van der Waals surface area contributed by atoms with Crippen molar-refractivity contribution in [2.24, 2.45) is 5.92 Å². The molecule has 1 saturated heterocycles. The van der Waals surface area contributed by atoms with Crippen LogP contribution in [-0.2, 0) is 4.79 Å². The van der Waals surface area contributed by atoms with E-state index in [9.17, 15) is 19.3 Å². The van der Waals surface area contributed by atoms with Crippen molar-refractivity contribution in [2.75, 3.05) is 18.1 Å². The van der Waals surface area contributed by atoms with Crippen molar-refractivity contribution in [1.82, 2.24) is 0 Å². The van der Waals surface area contributed by atoms with Gasteiger partial charge in [-0.15, -0.1) is 0 Å². The number of carbonyl (C=O) groups is 1. The third-order valence-electron chi connectivity index (χ3n) is 2.94. The number of anilines is 1. The van der Waals surface area contributed by atoms with Crippen LogP contribution in [0.5, 0.6) is 0 Å². The van der Waals surface area contributed by atoms with Gasteiger partial charge >= 0.3 is 0 Å². The molecule has 1 atom stereocenters. The molecule has 1 aliphatic rings.